The van der Waals surface area contributed by atoms with E-state index in [4.69, 9.17) is 4.74 Å². The Hall–Kier alpha value is -1.55. The van der Waals surface area contributed by atoms with Gasteiger partial charge in [-0.15, -0.1) is 0 Å². The molecule has 0 spiro atoms. The average Bonchev–Trinajstić information content (AvgIpc) is 2.42. The number of hydrogen-bond acceptors (Lipinski definition) is 3. The predicted molar refractivity (Wildman–Crippen MR) is 78.8 cm³/mol. The number of hydrogen-bond donors (Lipinski definition) is 2. The number of nitrogens with one attached hydrogen (secondary N) is 2. The zero-order valence-electron chi connectivity index (χ0n) is 12.1. The molecule has 0 bridgehead atoms. The molecular formula is C15H24N2O2. The molecule has 1 aromatic carbocycles. The van der Waals surface area contributed by atoms with E-state index in [1.54, 1.807) is 0 Å². The third kappa shape index (κ3) is 5.30. The van der Waals surface area contributed by atoms with E-state index in [1.165, 1.54) is 0 Å². The Balaban J connectivity index is 2.37. The Kier molecular flexibility index (Phi) is 6.97. The summed E-state index contributed by atoms with van der Waals surface area (Å²) in [6.45, 7) is 5.95. The number of aryl methyl sites for hydroxylation is 1. The lowest BCUT2D eigenvalue weighted by atomic mass is 10.1. The van der Waals surface area contributed by atoms with Gasteiger partial charge in [-0.2, -0.15) is 0 Å². The highest BCUT2D eigenvalue weighted by atomic mass is 16.5. The summed E-state index contributed by atoms with van der Waals surface area (Å²) < 4.78 is 5.40. The summed E-state index contributed by atoms with van der Waals surface area (Å²) in [5, 5.41) is 5.92. The Morgan fingerprint density at radius 3 is 2.74 bits per heavy atom. The van der Waals surface area contributed by atoms with Crippen LogP contribution in [0.15, 0.2) is 18.2 Å². The molecule has 0 saturated heterocycles. The molecule has 4 heteroatoms. The molecule has 0 fully saturated rings. The first-order valence-electron chi connectivity index (χ1n) is 6.83. The maximum absolute atomic E-state index is 12.0. The molecular weight excluding hydrogens is 240 g/mol. The molecule has 1 amide bonds. The molecule has 0 aromatic heterocycles. The smallest absolute Gasteiger partial charge is 0.251 e. The number of carbonyl (C=O) groups is 1. The lowest BCUT2D eigenvalue weighted by molar-refractivity contribution is 0.0912. The molecule has 1 aromatic rings. The highest BCUT2D eigenvalue weighted by Gasteiger charge is 2.08. The van der Waals surface area contributed by atoms with Crippen molar-refractivity contribution in [3.63, 3.8) is 0 Å². The minimum atomic E-state index is -0.0424. The van der Waals surface area contributed by atoms with Gasteiger partial charge >= 0.3 is 0 Å². The second-order valence-electron chi connectivity index (χ2n) is 4.50. The van der Waals surface area contributed by atoms with Gasteiger partial charge in [-0.05, 0) is 37.1 Å². The topological polar surface area (TPSA) is 50.4 Å². The first-order valence-corrected chi connectivity index (χ1v) is 6.83. The van der Waals surface area contributed by atoms with E-state index in [0.717, 1.165) is 30.7 Å². The van der Waals surface area contributed by atoms with E-state index in [2.05, 4.69) is 17.6 Å². The minimum absolute atomic E-state index is 0.0424. The lowest BCUT2D eigenvalue weighted by Crippen LogP contribution is -2.28. The predicted octanol–water partition coefficient (Wildman–Crippen LogP) is 2.58. The van der Waals surface area contributed by atoms with Crippen LogP contribution >= 0.6 is 0 Å². The van der Waals surface area contributed by atoms with E-state index in [-0.39, 0.29) is 5.91 Å². The van der Waals surface area contributed by atoms with E-state index in [1.807, 2.05) is 32.2 Å². The third-order valence-electron chi connectivity index (χ3n) is 2.93. The molecule has 0 radical (unpaired) electrons. The van der Waals surface area contributed by atoms with E-state index in [0.29, 0.717) is 18.7 Å². The number of rotatable bonds is 8. The highest BCUT2D eigenvalue weighted by Crippen LogP contribution is 2.14. The number of unbranched alkanes of at least 4 members (excludes halogenated alkanes) is 1. The standard InChI is InChI=1S/C15H24N2O2/c1-4-5-9-19-10-8-17-15(18)14-7-6-13(16-3)11-12(14)2/h6-7,11,16H,4-5,8-10H2,1-3H3,(H,17,18). The summed E-state index contributed by atoms with van der Waals surface area (Å²) in [7, 11) is 1.86. The van der Waals surface area contributed by atoms with Crippen LogP contribution in [0, 0.1) is 6.92 Å². The summed E-state index contributed by atoms with van der Waals surface area (Å²) in [6.07, 6.45) is 2.20. The fourth-order valence-electron chi connectivity index (χ4n) is 1.75. The summed E-state index contributed by atoms with van der Waals surface area (Å²) >= 11 is 0. The van der Waals surface area contributed by atoms with Gasteiger partial charge in [0.25, 0.3) is 5.91 Å². The number of carbonyl (C=O) groups excluding carboxylic acids is 1. The van der Waals surface area contributed by atoms with Crippen molar-refractivity contribution in [1.82, 2.24) is 5.32 Å². The van der Waals surface area contributed by atoms with Crippen LogP contribution in [0.2, 0.25) is 0 Å². The molecule has 0 heterocycles. The summed E-state index contributed by atoms with van der Waals surface area (Å²) in [5.74, 6) is -0.0424. The second kappa shape index (κ2) is 8.53. The van der Waals surface area contributed by atoms with Crippen molar-refractivity contribution in [2.75, 3.05) is 32.1 Å². The van der Waals surface area contributed by atoms with Crippen LogP contribution in [0.25, 0.3) is 0 Å². The van der Waals surface area contributed by atoms with Crippen LogP contribution in [0.1, 0.15) is 35.7 Å². The molecule has 4 nitrogen and oxygen atoms in total. The van der Waals surface area contributed by atoms with Crippen molar-refractivity contribution in [2.45, 2.75) is 26.7 Å². The quantitative estimate of drug-likeness (QED) is 0.710. The van der Waals surface area contributed by atoms with Gasteiger partial charge in [0.05, 0.1) is 6.61 Å². The number of ether oxygens (including phenoxy) is 1. The van der Waals surface area contributed by atoms with Crippen LogP contribution in [-0.4, -0.2) is 32.7 Å². The van der Waals surface area contributed by atoms with Gasteiger partial charge in [0, 0.05) is 31.5 Å². The average molecular weight is 264 g/mol. The fraction of sp³-hybridized carbons (Fsp3) is 0.533. The molecule has 0 aliphatic carbocycles. The van der Waals surface area contributed by atoms with Crippen molar-refractivity contribution >= 4 is 11.6 Å². The maximum atomic E-state index is 12.0. The van der Waals surface area contributed by atoms with Gasteiger partial charge in [0.1, 0.15) is 0 Å². The van der Waals surface area contributed by atoms with Crippen LogP contribution in [-0.2, 0) is 4.74 Å². The van der Waals surface area contributed by atoms with Gasteiger partial charge in [0.2, 0.25) is 0 Å². The van der Waals surface area contributed by atoms with Crippen molar-refractivity contribution in [1.29, 1.82) is 0 Å². The summed E-state index contributed by atoms with van der Waals surface area (Å²) in [6, 6.07) is 5.71. The normalized spacial score (nSPS) is 10.3. The Bertz CT molecular complexity index is 405. The largest absolute Gasteiger partial charge is 0.388 e. The van der Waals surface area contributed by atoms with Crippen LogP contribution in [0.5, 0.6) is 0 Å². The maximum Gasteiger partial charge on any atom is 0.251 e. The summed E-state index contributed by atoms with van der Waals surface area (Å²) in [4.78, 5) is 12.0. The van der Waals surface area contributed by atoms with Gasteiger partial charge < -0.3 is 15.4 Å². The van der Waals surface area contributed by atoms with Crippen molar-refractivity contribution in [2.24, 2.45) is 0 Å². The summed E-state index contributed by atoms with van der Waals surface area (Å²) in [5.41, 5.74) is 2.70. The van der Waals surface area contributed by atoms with Crippen LogP contribution in [0.4, 0.5) is 5.69 Å². The zero-order valence-corrected chi connectivity index (χ0v) is 12.1. The molecule has 1 rings (SSSR count). The molecule has 0 atom stereocenters. The van der Waals surface area contributed by atoms with E-state index < -0.39 is 0 Å². The first kappa shape index (κ1) is 15.5. The van der Waals surface area contributed by atoms with E-state index >= 15 is 0 Å². The molecule has 19 heavy (non-hydrogen) atoms. The van der Waals surface area contributed by atoms with Gasteiger partial charge in [0.15, 0.2) is 0 Å². The Morgan fingerprint density at radius 1 is 1.32 bits per heavy atom. The van der Waals surface area contributed by atoms with Crippen molar-refractivity contribution < 1.29 is 9.53 Å². The Labute approximate surface area is 115 Å². The van der Waals surface area contributed by atoms with Gasteiger partial charge in [-0.25, -0.2) is 0 Å². The molecule has 0 aliphatic heterocycles. The molecule has 106 valence electrons. The lowest BCUT2D eigenvalue weighted by Gasteiger charge is -2.09. The number of amides is 1. The highest BCUT2D eigenvalue weighted by molar-refractivity contribution is 5.96. The number of anilines is 1. The van der Waals surface area contributed by atoms with E-state index in [9.17, 15) is 4.79 Å². The van der Waals surface area contributed by atoms with Crippen LogP contribution < -0.4 is 10.6 Å². The molecule has 0 aliphatic rings. The zero-order chi connectivity index (χ0) is 14.1. The monoisotopic (exact) mass is 264 g/mol. The van der Waals surface area contributed by atoms with Gasteiger partial charge in [-0.3, -0.25) is 4.79 Å². The Morgan fingerprint density at radius 2 is 2.11 bits per heavy atom. The van der Waals surface area contributed by atoms with Crippen LogP contribution in [0.3, 0.4) is 0 Å². The molecule has 0 unspecified atom stereocenters. The van der Waals surface area contributed by atoms with Crippen molar-refractivity contribution in [3.05, 3.63) is 29.3 Å². The SMILES string of the molecule is CCCCOCCNC(=O)c1ccc(NC)cc1C. The first-order chi connectivity index (χ1) is 9.19. The molecule has 0 saturated carbocycles. The second-order valence-corrected chi connectivity index (χ2v) is 4.50. The van der Waals surface area contributed by atoms with Gasteiger partial charge in [-0.1, -0.05) is 13.3 Å². The molecule has 2 N–H and O–H groups in total. The minimum Gasteiger partial charge on any atom is -0.388 e. The number of benzene rings is 1. The van der Waals surface area contributed by atoms with Crippen molar-refractivity contribution in [3.8, 4) is 0 Å². The fourth-order valence-corrected chi connectivity index (χ4v) is 1.75. The third-order valence-corrected chi connectivity index (χ3v) is 2.93.